The fraction of sp³-hybridized carbons (Fsp3) is 0.286. The highest BCUT2D eigenvalue weighted by atomic mass is 19.4. The van der Waals surface area contributed by atoms with Crippen molar-refractivity contribution in [2.45, 2.75) is 18.1 Å². The monoisotopic (exact) mass is 289 g/mol. The highest BCUT2D eigenvalue weighted by Crippen LogP contribution is 2.45. The minimum atomic E-state index is -5.61. The molecule has 1 unspecified atom stereocenters. The number of alkyl halides is 5. The van der Waals surface area contributed by atoms with E-state index in [1.165, 1.54) is 18.2 Å². The molecule has 2 rings (SSSR count). The molecule has 108 valence electrons. The van der Waals surface area contributed by atoms with Crippen molar-refractivity contribution in [3.8, 4) is 0 Å². The Bertz CT molecular complexity index is 601. The van der Waals surface area contributed by atoms with Gasteiger partial charge in [-0.25, -0.2) is 0 Å². The number of fused-ring (bicyclic) bond motifs is 1. The summed E-state index contributed by atoms with van der Waals surface area (Å²) in [6.45, 7) is 0. The summed E-state index contributed by atoms with van der Waals surface area (Å²) in [5.74, 6) is -4.86. The molecule has 0 saturated carbocycles. The molecule has 2 aromatic rings. The van der Waals surface area contributed by atoms with Crippen LogP contribution in [0.4, 0.5) is 22.0 Å². The van der Waals surface area contributed by atoms with Crippen LogP contribution in [0.25, 0.3) is 10.8 Å². The van der Waals surface area contributed by atoms with E-state index in [2.05, 4.69) is 5.32 Å². The number of rotatable bonds is 3. The number of hydrogen-bond donors (Lipinski definition) is 1. The molecule has 0 saturated heterocycles. The Morgan fingerprint density at radius 3 is 2.10 bits per heavy atom. The van der Waals surface area contributed by atoms with E-state index < -0.39 is 18.1 Å². The van der Waals surface area contributed by atoms with Crippen LogP contribution in [0.1, 0.15) is 11.6 Å². The van der Waals surface area contributed by atoms with Gasteiger partial charge in [-0.05, 0) is 23.4 Å². The molecule has 0 aliphatic heterocycles. The van der Waals surface area contributed by atoms with E-state index >= 15 is 0 Å². The van der Waals surface area contributed by atoms with Crippen molar-refractivity contribution < 1.29 is 22.0 Å². The third kappa shape index (κ3) is 2.35. The molecule has 0 spiro atoms. The van der Waals surface area contributed by atoms with Crippen LogP contribution in [0.3, 0.4) is 0 Å². The molecule has 6 heteroatoms. The molecule has 2 aromatic carbocycles. The van der Waals surface area contributed by atoms with Gasteiger partial charge in [-0.3, -0.25) is 0 Å². The third-order valence-electron chi connectivity index (χ3n) is 3.16. The summed E-state index contributed by atoms with van der Waals surface area (Å²) >= 11 is 0. The quantitative estimate of drug-likeness (QED) is 0.831. The van der Waals surface area contributed by atoms with Gasteiger partial charge in [-0.15, -0.1) is 0 Å². The van der Waals surface area contributed by atoms with Gasteiger partial charge in [0.2, 0.25) is 0 Å². The number of halogens is 5. The van der Waals surface area contributed by atoms with Crippen LogP contribution in [-0.2, 0) is 0 Å². The molecule has 0 aliphatic rings. The second-order valence-electron chi connectivity index (χ2n) is 4.41. The zero-order chi connectivity index (χ0) is 15.0. The maximum atomic E-state index is 13.6. The zero-order valence-electron chi connectivity index (χ0n) is 10.5. The predicted octanol–water partition coefficient (Wildman–Crippen LogP) is 4.30. The van der Waals surface area contributed by atoms with Crippen molar-refractivity contribution in [1.29, 1.82) is 0 Å². The average molecular weight is 289 g/mol. The third-order valence-corrected chi connectivity index (χ3v) is 3.16. The first kappa shape index (κ1) is 14.7. The predicted molar refractivity (Wildman–Crippen MR) is 66.8 cm³/mol. The summed E-state index contributed by atoms with van der Waals surface area (Å²) in [5.41, 5.74) is -0.0760. The van der Waals surface area contributed by atoms with Crippen LogP contribution in [-0.4, -0.2) is 19.1 Å². The smallest absolute Gasteiger partial charge is 0.308 e. The summed E-state index contributed by atoms with van der Waals surface area (Å²) < 4.78 is 64.9. The molecule has 20 heavy (non-hydrogen) atoms. The second-order valence-corrected chi connectivity index (χ2v) is 4.41. The molecular formula is C14H12F5N. The van der Waals surface area contributed by atoms with Crippen LogP contribution in [0, 0.1) is 0 Å². The van der Waals surface area contributed by atoms with Gasteiger partial charge in [0.25, 0.3) is 0 Å². The van der Waals surface area contributed by atoms with Gasteiger partial charge >= 0.3 is 12.1 Å². The van der Waals surface area contributed by atoms with E-state index in [-0.39, 0.29) is 5.56 Å². The van der Waals surface area contributed by atoms with Gasteiger partial charge in [0.15, 0.2) is 0 Å². The minimum Gasteiger partial charge on any atom is -0.308 e. The second kappa shape index (κ2) is 5.01. The fourth-order valence-corrected chi connectivity index (χ4v) is 2.20. The van der Waals surface area contributed by atoms with Crippen molar-refractivity contribution in [3.63, 3.8) is 0 Å². The van der Waals surface area contributed by atoms with E-state index in [0.717, 1.165) is 7.05 Å². The van der Waals surface area contributed by atoms with E-state index in [1.54, 1.807) is 24.3 Å². The first-order valence-corrected chi connectivity index (χ1v) is 5.88. The first-order chi connectivity index (χ1) is 9.29. The van der Waals surface area contributed by atoms with Gasteiger partial charge in [0.05, 0.1) is 0 Å². The van der Waals surface area contributed by atoms with Gasteiger partial charge < -0.3 is 5.32 Å². The Morgan fingerprint density at radius 2 is 1.50 bits per heavy atom. The largest absolute Gasteiger partial charge is 0.455 e. The van der Waals surface area contributed by atoms with Gasteiger partial charge in [0.1, 0.15) is 6.04 Å². The maximum absolute atomic E-state index is 13.6. The van der Waals surface area contributed by atoms with Crippen LogP contribution in [0.5, 0.6) is 0 Å². The molecule has 0 radical (unpaired) electrons. The number of benzene rings is 2. The lowest BCUT2D eigenvalue weighted by Crippen LogP contribution is -2.47. The lowest BCUT2D eigenvalue weighted by Gasteiger charge is -2.29. The lowest BCUT2D eigenvalue weighted by atomic mass is 9.94. The Hall–Kier alpha value is -1.69. The molecule has 1 N–H and O–H groups in total. The van der Waals surface area contributed by atoms with E-state index in [4.69, 9.17) is 0 Å². The summed E-state index contributed by atoms with van der Waals surface area (Å²) in [4.78, 5) is 0. The molecule has 0 heterocycles. The highest BCUT2D eigenvalue weighted by molar-refractivity contribution is 5.86. The Kier molecular flexibility index (Phi) is 3.69. The molecule has 1 atom stereocenters. The first-order valence-electron chi connectivity index (χ1n) is 5.88. The normalized spacial score (nSPS) is 14.5. The Balaban J connectivity index is 2.61. The molecule has 0 amide bonds. The summed E-state index contributed by atoms with van der Waals surface area (Å²) in [6.07, 6.45) is -5.61. The van der Waals surface area contributed by atoms with Crippen LogP contribution in [0.15, 0.2) is 42.5 Å². The Labute approximate surface area is 112 Å². The topological polar surface area (TPSA) is 12.0 Å². The molecule has 0 aliphatic carbocycles. The summed E-state index contributed by atoms with van der Waals surface area (Å²) in [6, 6.07) is 8.77. The minimum absolute atomic E-state index is 0.0760. The standard InChI is InChI=1S/C14H12F5N/c1-20-12(13(15,16)14(17,18)19)11-8-4-6-9-5-2-3-7-10(9)11/h2-8,12,20H,1H3. The van der Waals surface area contributed by atoms with Crippen molar-refractivity contribution >= 4 is 10.8 Å². The van der Waals surface area contributed by atoms with Crippen molar-refractivity contribution in [3.05, 3.63) is 48.0 Å². The molecule has 0 aromatic heterocycles. The highest BCUT2D eigenvalue weighted by Gasteiger charge is 2.62. The van der Waals surface area contributed by atoms with E-state index in [0.29, 0.717) is 10.8 Å². The van der Waals surface area contributed by atoms with E-state index in [1.807, 2.05) is 0 Å². The van der Waals surface area contributed by atoms with Crippen LogP contribution >= 0.6 is 0 Å². The van der Waals surface area contributed by atoms with Crippen LogP contribution < -0.4 is 5.32 Å². The maximum Gasteiger partial charge on any atom is 0.455 e. The fourth-order valence-electron chi connectivity index (χ4n) is 2.20. The van der Waals surface area contributed by atoms with E-state index in [9.17, 15) is 22.0 Å². The van der Waals surface area contributed by atoms with Crippen molar-refractivity contribution in [2.24, 2.45) is 0 Å². The van der Waals surface area contributed by atoms with Gasteiger partial charge in [-0.2, -0.15) is 22.0 Å². The van der Waals surface area contributed by atoms with Crippen molar-refractivity contribution in [2.75, 3.05) is 7.05 Å². The van der Waals surface area contributed by atoms with Crippen molar-refractivity contribution in [1.82, 2.24) is 5.32 Å². The molecule has 1 nitrogen and oxygen atoms in total. The van der Waals surface area contributed by atoms with Gasteiger partial charge in [0, 0.05) is 0 Å². The lowest BCUT2D eigenvalue weighted by molar-refractivity contribution is -0.293. The zero-order valence-corrected chi connectivity index (χ0v) is 10.5. The SMILES string of the molecule is CNC(c1cccc2ccccc12)C(F)(F)C(F)(F)F. The van der Waals surface area contributed by atoms with Crippen LogP contribution in [0.2, 0.25) is 0 Å². The molecule has 0 bridgehead atoms. The van der Waals surface area contributed by atoms with Gasteiger partial charge in [-0.1, -0.05) is 42.5 Å². The average Bonchev–Trinajstić information content (AvgIpc) is 2.38. The summed E-state index contributed by atoms with van der Waals surface area (Å²) in [7, 11) is 1.09. The number of hydrogen-bond acceptors (Lipinski definition) is 1. The summed E-state index contributed by atoms with van der Waals surface area (Å²) in [5, 5.41) is 3.07. The number of nitrogens with one attached hydrogen (secondary N) is 1. The molecule has 0 fully saturated rings. The Morgan fingerprint density at radius 1 is 0.900 bits per heavy atom. The molecular weight excluding hydrogens is 277 g/mol.